The molecule has 0 atom stereocenters. The van der Waals surface area contributed by atoms with E-state index in [1.807, 2.05) is 13.0 Å². The van der Waals surface area contributed by atoms with Crippen LogP contribution >= 0.6 is 0 Å². The lowest BCUT2D eigenvalue weighted by atomic mass is 10.1. The minimum atomic E-state index is -0.485. The monoisotopic (exact) mass is 381 g/mol. The molecule has 0 aliphatic carbocycles. The van der Waals surface area contributed by atoms with Crippen LogP contribution in [0.5, 0.6) is 0 Å². The number of aryl methyl sites for hydroxylation is 1. The number of nitrogens with zero attached hydrogens (tertiary/aromatic N) is 2. The number of hydrogen-bond acceptors (Lipinski definition) is 5. The van der Waals surface area contributed by atoms with E-state index in [1.54, 1.807) is 48.2 Å². The molecule has 1 heterocycles. The average molecular weight is 381 g/mol. The zero-order valence-corrected chi connectivity index (χ0v) is 16.0. The summed E-state index contributed by atoms with van der Waals surface area (Å²) in [4.78, 5) is 40.9. The van der Waals surface area contributed by atoms with Gasteiger partial charge in [-0.05, 0) is 55.8 Å². The summed E-state index contributed by atoms with van der Waals surface area (Å²) >= 11 is 0. The summed E-state index contributed by atoms with van der Waals surface area (Å²) in [6.07, 6.45) is 0.105. The van der Waals surface area contributed by atoms with Crippen molar-refractivity contribution in [1.82, 2.24) is 0 Å². The fraction of sp³-hybridized carbons (Fsp3) is 0.286. The first-order valence-electron chi connectivity index (χ1n) is 9.14. The molecule has 7 nitrogen and oxygen atoms in total. The summed E-state index contributed by atoms with van der Waals surface area (Å²) in [6.45, 7) is 3.88. The van der Waals surface area contributed by atoms with E-state index in [9.17, 15) is 14.4 Å². The van der Waals surface area contributed by atoms with Gasteiger partial charge in [-0.2, -0.15) is 0 Å². The summed E-state index contributed by atoms with van der Waals surface area (Å²) < 4.78 is 5.01. The minimum absolute atomic E-state index is 0.105. The summed E-state index contributed by atoms with van der Waals surface area (Å²) in [5, 5.41) is 0. The standard InChI is InChI=1S/C21H23N3O4/c1-3-28-20(26)13-24-18-12-14(2)4-9-17(18)23(11-10-19(24)25)21(27)15-5-7-16(22)8-6-15/h4-9,12H,3,10-11,13,22H2,1-2H3. The van der Waals surface area contributed by atoms with Gasteiger partial charge in [0.25, 0.3) is 5.91 Å². The van der Waals surface area contributed by atoms with Crippen molar-refractivity contribution in [2.45, 2.75) is 20.3 Å². The fourth-order valence-electron chi connectivity index (χ4n) is 3.18. The third-order valence-electron chi connectivity index (χ3n) is 4.56. The molecule has 1 aliphatic heterocycles. The van der Waals surface area contributed by atoms with Crippen molar-refractivity contribution in [1.29, 1.82) is 0 Å². The quantitative estimate of drug-likeness (QED) is 0.649. The van der Waals surface area contributed by atoms with Crippen LogP contribution in [0.15, 0.2) is 42.5 Å². The molecule has 146 valence electrons. The van der Waals surface area contributed by atoms with E-state index < -0.39 is 5.97 Å². The van der Waals surface area contributed by atoms with Crippen LogP contribution in [-0.2, 0) is 14.3 Å². The maximum absolute atomic E-state index is 13.1. The van der Waals surface area contributed by atoms with Crippen LogP contribution in [0.2, 0.25) is 0 Å². The van der Waals surface area contributed by atoms with Crippen LogP contribution in [0.25, 0.3) is 0 Å². The van der Waals surface area contributed by atoms with Gasteiger partial charge in [-0.3, -0.25) is 19.3 Å². The van der Waals surface area contributed by atoms with Gasteiger partial charge in [-0.15, -0.1) is 0 Å². The van der Waals surface area contributed by atoms with Crippen LogP contribution in [-0.4, -0.2) is 37.5 Å². The Morgan fingerprint density at radius 1 is 1.11 bits per heavy atom. The van der Waals surface area contributed by atoms with Gasteiger partial charge >= 0.3 is 5.97 Å². The van der Waals surface area contributed by atoms with Gasteiger partial charge in [0, 0.05) is 24.2 Å². The van der Waals surface area contributed by atoms with Crippen molar-refractivity contribution in [2.24, 2.45) is 0 Å². The van der Waals surface area contributed by atoms with E-state index in [4.69, 9.17) is 10.5 Å². The Morgan fingerprint density at radius 3 is 2.50 bits per heavy atom. The molecule has 0 aromatic heterocycles. The highest BCUT2D eigenvalue weighted by Crippen LogP contribution is 2.34. The number of nitrogen functional groups attached to an aromatic ring is 1. The Balaban J connectivity index is 2.01. The molecule has 0 saturated carbocycles. The second-order valence-electron chi connectivity index (χ2n) is 6.61. The lowest BCUT2D eigenvalue weighted by Gasteiger charge is -2.25. The molecule has 0 fully saturated rings. The first kappa shape index (κ1) is 19.4. The van der Waals surface area contributed by atoms with E-state index in [0.29, 0.717) is 22.6 Å². The largest absolute Gasteiger partial charge is 0.465 e. The molecule has 2 amide bonds. The van der Waals surface area contributed by atoms with Crippen molar-refractivity contribution in [3.63, 3.8) is 0 Å². The molecule has 0 spiro atoms. The third-order valence-corrected chi connectivity index (χ3v) is 4.56. The molecule has 0 unspecified atom stereocenters. The van der Waals surface area contributed by atoms with Crippen molar-refractivity contribution < 1.29 is 19.1 Å². The number of hydrogen-bond donors (Lipinski definition) is 1. The molecule has 0 radical (unpaired) electrons. The minimum Gasteiger partial charge on any atom is -0.465 e. The Morgan fingerprint density at radius 2 is 1.82 bits per heavy atom. The fourth-order valence-corrected chi connectivity index (χ4v) is 3.18. The number of rotatable bonds is 4. The number of carbonyl (C=O) groups is 3. The molecule has 1 aliphatic rings. The van der Waals surface area contributed by atoms with E-state index in [0.717, 1.165) is 5.56 Å². The van der Waals surface area contributed by atoms with Crippen LogP contribution in [0, 0.1) is 6.92 Å². The number of ether oxygens (including phenoxy) is 1. The van der Waals surface area contributed by atoms with Crippen molar-refractivity contribution >= 4 is 34.8 Å². The van der Waals surface area contributed by atoms with Gasteiger partial charge < -0.3 is 15.4 Å². The number of amides is 2. The van der Waals surface area contributed by atoms with E-state index in [1.165, 1.54) is 4.90 Å². The maximum atomic E-state index is 13.1. The van der Waals surface area contributed by atoms with Crippen LogP contribution in [0.1, 0.15) is 29.3 Å². The second kappa shape index (κ2) is 8.12. The first-order chi connectivity index (χ1) is 13.4. The number of carbonyl (C=O) groups excluding carboxylic acids is 3. The highest BCUT2D eigenvalue weighted by Gasteiger charge is 2.31. The van der Waals surface area contributed by atoms with Crippen molar-refractivity contribution in [3.8, 4) is 0 Å². The predicted octanol–water partition coefficient (Wildman–Crippen LogP) is 2.52. The number of benzene rings is 2. The van der Waals surface area contributed by atoms with Crippen LogP contribution in [0.4, 0.5) is 17.1 Å². The van der Waals surface area contributed by atoms with E-state index >= 15 is 0 Å². The number of esters is 1. The van der Waals surface area contributed by atoms with Gasteiger partial charge in [-0.25, -0.2) is 0 Å². The Bertz CT molecular complexity index is 908. The SMILES string of the molecule is CCOC(=O)CN1C(=O)CCN(C(=O)c2ccc(N)cc2)c2ccc(C)cc21. The molecule has 2 N–H and O–H groups in total. The highest BCUT2D eigenvalue weighted by molar-refractivity contribution is 6.12. The molecule has 7 heteroatoms. The first-order valence-corrected chi connectivity index (χ1v) is 9.14. The zero-order valence-electron chi connectivity index (χ0n) is 16.0. The molecule has 0 saturated heterocycles. The maximum Gasteiger partial charge on any atom is 0.326 e. The topological polar surface area (TPSA) is 92.9 Å². The van der Waals surface area contributed by atoms with Gasteiger partial charge in [-0.1, -0.05) is 6.07 Å². The Hall–Kier alpha value is -3.35. The van der Waals surface area contributed by atoms with Gasteiger partial charge in [0.1, 0.15) is 6.54 Å². The normalized spacial score (nSPS) is 13.7. The second-order valence-corrected chi connectivity index (χ2v) is 6.61. The van der Waals surface area contributed by atoms with Crippen molar-refractivity contribution in [3.05, 3.63) is 53.6 Å². The summed E-state index contributed by atoms with van der Waals surface area (Å²) in [7, 11) is 0. The average Bonchev–Trinajstić information content (AvgIpc) is 2.79. The molecular weight excluding hydrogens is 358 g/mol. The van der Waals surface area contributed by atoms with Crippen molar-refractivity contribution in [2.75, 3.05) is 35.2 Å². The predicted molar refractivity (Wildman–Crippen MR) is 107 cm³/mol. The smallest absolute Gasteiger partial charge is 0.326 e. The summed E-state index contributed by atoms with van der Waals surface area (Å²) in [5.41, 5.74) is 8.79. The number of nitrogens with two attached hydrogens (primary N) is 1. The van der Waals surface area contributed by atoms with Crippen LogP contribution in [0.3, 0.4) is 0 Å². The van der Waals surface area contributed by atoms with E-state index in [-0.39, 0.29) is 37.9 Å². The number of anilines is 3. The third kappa shape index (κ3) is 3.98. The zero-order chi connectivity index (χ0) is 20.3. The Labute approximate surface area is 163 Å². The molecular formula is C21H23N3O4. The Kier molecular flexibility index (Phi) is 5.63. The van der Waals surface area contributed by atoms with Gasteiger partial charge in [0.2, 0.25) is 5.91 Å². The molecule has 2 aromatic carbocycles. The summed E-state index contributed by atoms with van der Waals surface area (Å²) in [5.74, 6) is -0.940. The molecule has 0 bridgehead atoms. The van der Waals surface area contributed by atoms with E-state index in [2.05, 4.69) is 0 Å². The highest BCUT2D eigenvalue weighted by atomic mass is 16.5. The molecule has 2 aromatic rings. The van der Waals surface area contributed by atoms with Gasteiger partial charge in [0.05, 0.1) is 18.0 Å². The molecule has 3 rings (SSSR count). The van der Waals surface area contributed by atoms with Gasteiger partial charge in [0.15, 0.2) is 0 Å². The summed E-state index contributed by atoms with van der Waals surface area (Å²) in [6, 6.07) is 12.1. The van der Waals surface area contributed by atoms with Crippen LogP contribution < -0.4 is 15.5 Å². The lowest BCUT2D eigenvalue weighted by Crippen LogP contribution is -2.36. The number of fused-ring (bicyclic) bond motifs is 1. The molecule has 28 heavy (non-hydrogen) atoms. The lowest BCUT2D eigenvalue weighted by molar-refractivity contribution is -0.142.